The first-order valence-corrected chi connectivity index (χ1v) is 7.43. The number of hydrogen-bond donors (Lipinski definition) is 3. The van der Waals surface area contributed by atoms with Gasteiger partial charge in [-0.05, 0) is 12.5 Å². The molecule has 0 saturated carbocycles. The first-order chi connectivity index (χ1) is 10.2. The van der Waals surface area contributed by atoms with Crippen molar-refractivity contribution in [1.29, 1.82) is 0 Å². The second-order valence-corrected chi connectivity index (χ2v) is 5.40. The Bertz CT molecular complexity index is 615. The Morgan fingerprint density at radius 3 is 3.00 bits per heavy atom. The van der Waals surface area contributed by atoms with Crippen molar-refractivity contribution in [2.75, 3.05) is 0 Å². The number of hydrogen-bond acceptors (Lipinski definition) is 5. The van der Waals surface area contributed by atoms with Crippen molar-refractivity contribution < 1.29 is 9.60 Å². The molecule has 4 N–H and O–H groups in total. The summed E-state index contributed by atoms with van der Waals surface area (Å²) >= 11 is 1.57. The molecule has 1 aromatic heterocycles. The second-order valence-electron chi connectivity index (χ2n) is 4.48. The van der Waals surface area contributed by atoms with E-state index in [4.69, 9.17) is 10.9 Å². The van der Waals surface area contributed by atoms with Gasteiger partial charge in [-0.15, -0.1) is 11.3 Å². The highest BCUT2D eigenvalue weighted by atomic mass is 32.1. The third-order valence-corrected chi connectivity index (χ3v) is 4.05. The lowest BCUT2D eigenvalue weighted by molar-refractivity contribution is 0.318. The van der Waals surface area contributed by atoms with Gasteiger partial charge in [-0.2, -0.15) is 0 Å². The molecular weight excluding hydrogens is 291 g/mol. The third-order valence-electron chi connectivity index (χ3n) is 3.16. The van der Waals surface area contributed by atoms with E-state index in [2.05, 4.69) is 15.5 Å². The molecule has 5 nitrogen and oxygen atoms in total. The van der Waals surface area contributed by atoms with Crippen LogP contribution in [0.5, 0.6) is 0 Å². The van der Waals surface area contributed by atoms with Gasteiger partial charge in [-0.1, -0.05) is 24.2 Å². The molecule has 112 valence electrons. The molecule has 0 aliphatic heterocycles. The Kier molecular flexibility index (Phi) is 5.24. The van der Waals surface area contributed by atoms with Gasteiger partial charge in [0.2, 0.25) is 0 Å². The van der Waals surface area contributed by atoms with Crippen LogP contribution in [0, 0.1) is 5.82 Å². The third kappa shape index (κ3) is 3.56. The fraction of sp³-hybridized carbons (Fsp3) is 0.286. The molecule has 1 aromatic carbocycles. The lowest BCUT2D eigenvalue weighted by Gasteiger charge is -2.15. The van der Waals surface area contributed by atoms with Gasteiger partial charge >= 0.3 is 0 Å². The van der Waals surface area contributed by atoms with E-state index in [-0.39, 0.29) is 17.4 Å². The van der Waals surface area contributed by atoms with Crippen LogP contribution in [0.1, 0.15) is 35.5 Å². The number of nitrogens with zero attached hydrogens (tertiary/aromatic N) is 2. The van der Waals surface area contributed by atoms with Gasteiger partial charge in [0, 0.05) is 23.7 Å². The maximum absolute atomic E-state index is 14.3. The highest BCUT2D eigenvalue weighted by Gasteiger charge is 2.15. The smallest absolute Gasteiger partial charge is 0.173 e. The molecule has 0 aliphatic rings. The summed E-state index contributed by atoms with van der Waals surface area (Å²) in [6.07, 6.45) is 2.61. The molecule has 0 amide bonds. The van der Waals surface area contributed by atoms with Crippen LogP contribution < -0.4 is 11.1 Å². The first-order valence-electron chi connectivity index (χ1n) is 6.55. The summed E-state index contributed by atoms with van der Waals surface area (Å²) in [5.41, 5.74) is 6.02. The molecule has 21 heavy (non-hydrogen) atoms. The van der Waals surface area contributed by atoms with Crippen LogP contribution >= 0.6 is 11.3 Å². The average molecular weight is 308 g/mol. The number of oxime groups is 1. The summed E-state index contributed by atoms with van der Waals surface area (Å²) in [7, 11) is 0. The Hall–Kier alpha value is -1.99. The maximum Gasteiger partial charge on any atom is 0.173 e. The van der Waals surface area contributed by atoms with Crippen molar-refractivity contribution >= 4 is 17.2 Å². The topological polar surface area (TPSA) is 83.5 Å². The lowest BCUT2D eigenvalue weighted by Crippen LogP contribution is -2.22. The molecule has 2 aromatic rings. The minimum atomic E-state index is -0.478. The Morgan fingerprint density at radius 2 is 2.38 bits per heavy atom. The highest BCUT2D eigenvalue weighted by Crippen LogP contribution is 2.20. The number of nitrogens with one attached hydrogen (secondary N) is 1. The standard InChI is InChI=1S/C14H17FN4OS/c1-2-11(14-17-6-7-21-14)18-8-9-4-3-5-10(12(9)15)13(16)19-20/h3-7,11,18,20H,2,8H2,1H3,(H2,16,19). The largest absolute Gasteiger partial charge is 0.409 e. The van der Waals surface area contributed by atoms with Gasteiger partial charge < -0.3 is 16.3 Å². The lowest BCUT2D eigenvalue weighted by atomic mass is 10.1. The van der Waals surface area contributed by atoms with Gasteiger partial charge in [0.05, 0.1) is 11.6 Å². The molecule has 2 rings (SSSR count). The first kappa shape index (κ1) is 15.4. The van der Waals surface area contributed by atoms with Crippen LogP contribution in [0.3, 0.4) is 0 Å². The van der Waals surface area contributed by atoms with Gasteiger partial charge in [0.1, 0.15) is 10.8 Å². The number of amidine groups is 1. The van der Waals surface area contributed by atoms with Crippen LogP contribution in [0.2, 0.25) is 0 Å². The maximum atomic E-state index is 14.3. The highest BCUT2D eigenvalue weighted by molar-refractivity contribution is 7.09. The zero-order valence-corrected chi connectivity index (χ0v) is 12.4. The van der Waals surface area contributed by atoms with Crippen molar-refractivity contribution in [1.82, 2.24) is 10.3 Å². The normalized spacial score (nSPS) is 13.3. The minimum Gasteiger partial charge on any atom is -0.409 e. The summed E-state index contributed by atoms with van der Waals surface area (Å²) in [6.45, 7) is 2.39. The number of rotatable bonds is 6. The van der Waals surface area contributed by atoms with Crippen LogP contribution in [0.25, 0.3) is 0 Å². The summed E-state index contributed by atoms with van der Waals surface area (Å²) in [5.74, 6) is -0.712. The molecule has 0 aliphatic carbocycles. The number of thiazole rings is 1. The molecule has 1 heterocycles. The zero-order chi connectivity index (χ0) is 15.2. The molecule has 7 heteroatoms. The van der Waals surface area contributed by atoms with E-state index in [9.17, 15) is 4.39 Å². The molecule has 1 unspecified atom stereocenters. The number of halogens is 1. The van der Waals surface area contributed by atoms with Crippen LogP contribution in [-0.4, -0.2) is 16.0 Å². The van der Waals surface area contributed by atoms with E-state index >= 15 is 0 Å². The molecule has 1 atom stereocenters. The minimum absolute atomic E-state index is 0.0805. The van der Waals surface area contributed by atoms with Crippen molar-refractivity contribution in [3.63, 3.8) is 0 Å². The summed E-state index contributed by atoms with van der Waals surface area (Å²) in [5, 5.41) is 17.7. The summed E-state index contributed by atoms with van der Waals surface area (Å²) in [4.78, 5) is 4.27. The molecule has 0 fully saturated rings. The number of nitrogens with two attached hydrogens (primary N) is 1. The van der Waals surface area contributed by atoms with E-state index < -0.39 is 5.82 Å². The van der Waals surface area contributed by atoms with Crippen molar-refractivity contribution in [3.8, 4) is 0 Å². The predicted octanol–water partition coefficient (Wildman–Crippen LogP) is 2.62. The predicted molar refractivity (Wildman–Crippen MR) is 80.9 cm³/mol. The van der Waals surface area contributed by atoms with E-state index in [1.165, 1.54) is 6.07 Å². The van der Waals surface area contributed by atoms with Crippen LogP contribution in [-0.2, 0) is 6.54 Å². The van der Waals surface area contributed by atoms with E-state index in [1.807, 2.05) is 12.3 Å². The zero-order valence-electron chi connectivity index (χ0n) is 11.6. The number of benzene rings is 1. The molecule has 0 spiro atoms. The molecular formula is C14H17FN4OS. The van der Waals surface area contributed by atoms with Gasteiger partial charge in [-0.3, -0.25) is 0 Å². The van der Waals surface area contributed by atoms with Gasteiger partial charge in [0.15, 0.2) is 5.84 Å². The van der Waals surface area contributed by atoms with E-state index in [0.717, 1.165) is 11.4 Å². The quantitative estimate of drug-likeness (QED) is 0.331. The SMILES string of the molecule is CCC(NCc1cccc(/C(N)=N/O)c1F)c1nccs1. The van der Waals surface area contributed by atoms with Crippen LogP contribution in [0.15, 0.2) is 34.9 Å². The van der Waals surface area contributed by atoms with E-state index in [1.54, 1.807) is 29.7 Å². The van der Waals surface area contributed by atoms with Gasteiger partial charge in [-0.25, -0.2) is 9.37 Å². The molecule has 0 bridgehead atoms. The van der Waals surface area contributed by atoms with E-state index in [0.29, 0.717) is 12.1 Å². The molecule has 0 saturated heterocycles. The Morgan fingerprint density at radius 1 is 1.57 bits per heavy atom. The summed E-state index contributed by atoms with van der Waals surface area (Å²) in [6, 6.07) is 4.91. The Balaban J connectivity index is 2.13. The average Bonchev–Trinajstić information content (AvgIpc) is 3.03. The second kappa shape index (κ2) is 7.14. The molecule has 0 radical (unpaired) electrons. The fourth-order valence-corrected chi connectivity index (χ4v) is 2.81. The fourth-order valence-electron chi connectivity index (χ4n) is 2.01. The monoisotopic (exact) mass is 308 g/mol. The summed E-state index contributed by atoms with van der Waals surface area (Å²) < 4.78 is 14.3. The van der Waals surface area contributed by atoms with Crippen molar-refractivity contribution in [3.05, 3.63) is 51.7 Å². The van der Waals surface area contributed by atoms with Gasteiger partial charge in [0.25, 0.3) is 0 Å². The number of aromatic nitrogens is 1. The van der Waals surface area contributed by atoms with Crippen molar-refractivity contribution in [2.24, 2.45) is 10.9 Å². The van der Waals surface area contributed by atoms with Crippen LogP contribution in [0.4, 0.5) is 4.39 Å². The van der Waals surface area contributed by atoms with Crippen molar-refractivity contribution in [2.45, 2.75) is 25.9 Å². The Labute approximate surface area is 126 Å².